The van der Waals surface area contributed by atoms with Crippen molar-refractivity contribution in [2.75, 3.05) is 62.6 Å². The lowest BCUT2D eigenvalue weighted by atomic mass is 9.88. The van der Waals surface area contributed by atoms with Crippen LogP contribution in [0.25, 0.3) is 0 Å². The largest absolute Gasteiger partial charge is 0.366 e. The maximum absolute atomic E-state index is 13.2. The molecule has 2 aromatic rings. The minimum atomic E-state index is -0.115. The molecule has 38 heavy (non-hydrogen) atoms. The van der Waals surface area contributed by atoms with Gasteiger partial charge in [-0.05, 0) is 36.6 Å². The van der Waals surface area contributed by atoms with E-state index < -0.39 is 0 Å². The van der Waals surface area contributed by atoms with Gasteiger partial charge in [0.1, 0.15) is 0 Å². The van der Waals surface area contributed by atoms with E-state index in [4.69, 9.17) is 0 Å². The zero-order valence-electron chi connectivity index (χ0n) is 22.2. The maximum atomic E-state index is 13.2. The Hall–Kier alpha value is -3.39. The standard InChI is InChI=1S/C30H39N5O3/c36-28(21-23-7-3-1-4-8-23)32-26-22-25(30(38)34-15-13-31-14-16-34)11-12-27(26)33-17-19-35(20-18-33)29(37)24-9-5-2-6-10-24/h1,3-4,7-8,11-12,22,24,31H,2,5-6,9-10,13-21H2,(H,32,36). The highest BCUT2D eigenvalue weighted by molar-refractivity contribution is 6.00. The number of hydrogen-bond acceptors (Lipinski definition) is 5. The lowest BCUT2D eigenvalue weighted by Crippen LogP contribution is -2.50. The molecule has 3 aliphatic rings. The van der Waals surface area contributed by atoms with Crippen molar-refractivity contribution in [1.82, 2.24) is 15.1 Å². The van der Waals surface area contributed by atoms with E-state index in [1.54, 1.807) is 0 Å². The molecular weight excluding hydrogens is 478 g/mol. The normalized spacial score (nSPS) is 18.8. The molecule has 0 aromatic heterocycles. The second-order valence-electron chi connectivity index (χ2n) is 10.6. The predicted molar refractivity (Wildman–Crippen MR) is 149 cm³/mol. The van der Waals surface area contributed by atoms with Gasteiger partial charge < -0.3 is 25.3 Å². The minimum absolute atomic E-state index is 0.0143. The molecule has 1 aliphatic carbocycles. The summed E-state index contributed by atoms with van der Waals surface area (Å²) in [5, 5.41) is 6.38. The second-order valence-corrected chi connectivity index (χ2v) is 10.6. The predicted octanol–water partition coefficient (Wildman–Crippen LogP) is 3.14. The Morgan fingerprint density at radius 3 is 2.24 bits per heavy atom. The number of hydrogen-bond donors (Lipinski definition) is 2. The van der Waals surface area contributed by atoms with Crippen LogP contribution in [0.15, 0.2) is 48.5 Å². The SMILES string of the molecule is O=C(Cc1ccccc1)Nc1cc(C(=O)N2CCNCC2)ccc1N1CCN(C(=O)C2CCCCC2)CC1. The molecular formula is C30H39N5O3. The van der Waals surface area contributed by atoms with Gasteiger partial charge in [-0.2, -0.15) is 0 Å². The van der Waals surface area contributed by atoms with Crippen LogP contribution < -0.4 is 15.5 Å². The molecule has 8 heteroatoms. The van der Waals surface area contributed by atoms with E-state index in [1.807, 2.05) is 58.3 Å². The molecule has 0 bridgehead atoms. The van der Waals surface area contributed by atoms with Crippen LogP contribution in [0.3, 0.4) is 0 Å². The Morgan fingerprint density at radius 2 is 1.53 bits per heavy atom. The number of rotatable bonds is 6. The van der Waals surface area contributed by atoms with Gasteiger partial charge >= 0.3 is 0 Å². The Kier molecular flexibility index (Phi) is 8.58. The van der Waals surface area contributed by atoms with Gasteiger partial charge in [0.15, 0.2) is 0 Å². The van der Waals surface area contributed by atoms with E-state index in [0.717, 1.165) is 50.0 Å². The third kappa shape index (κ3) is 6.35. The average Bonchev–Trinajstić information content (AvgIpc) is 2.98. The first kappa shape index (κ1) is 26.2. The van der Waals surface area contributed by atoms with E-state index in [0.29, 0.717) is 56.4 Å². The zero-order chi connectivity index (χ0) is 26.3. The summed E-state index contributed by atoms with van der Waals surface area (Å²) in [6.07, 6.45) is 5.84. The number of anilines is 2. The van der Waals surface area contributed by atoms with Crippen LogP contribution in [0.4, 0.5) is 11.4 Å². The minimum Gasteiger partial charge on any atom is -0.366 e. The summed E-state index contributed by atoms with van der Waals surface area (Å²) >= 11 is 0. The van der Waals surface area contributed by atoms with Gasteiger partial charge in [-0.25, -0.2) is 0 Å². The van der Waals surface area contributed by atoms with Crippen LogP contribution >= 0.6 is 0 Å². The van der Waals surface area contributed by atoms with Gasteiger partial charge in [0, 0.05) is 63.8 Å². The first-order chi connectivity index (χ1) is 18.6. The molecule has 2 saturated heterocycles. The Balaban J connectivity index is 1.31. The second kappa shape index (κ2) is 12.4. The third-order valence-electron chi connectivity index (χ3n) is 8.02. The molecule has 0 unspecified atom stereocenters. The van der Waals surface area contributed by atoms with Gasteiger partial charge in [-0.15, -0.1) is 0 Å². The van der Waals surface area contributed by atoms with Crippen LogP contribution in [-0.2, 0) is 16.0 Å². The summed E-state index contributed by atoms with van der Waals surface area (Å²) in [5.41, 5.74) is 3.07. The van der Waals surface area contributed by atoms with E-state index in [9.17, 15) is 14.4 Å². The molecule has 2 aromatic carbocycles. The highest BCUT2D eigenvalue weighted by atomic mass is 16.2. The lowest BCUT2D eigenvalue weighted by Gasteiger charge is -2.39. The Bertz CT molecular complexity index is 1120. The molecule has 1 saturated carbocycles. The van der Waals surface area contributed by atoms with Crippen molar-refractivity contribution < 1.29 is 14.4 Å². The van der Waals surface area contributed by atoms with Crippen molar-refractivity contribution in [1.29, 1.82) is 0 Å². The van der Waals surface area contributed by atoms with E-state index in [2.05, 4.69) is 15.5 Å². The number of nitrogens with zero attached hydrogens (tertiary/aromatic N) is 3. The van der Waals surface area contributed by atoms with Crippen molar-refractivity contribution in [2.45, 2.75) is 38.5 Å². The first-order valence-electron chi connectivity index (χ1n) is 14.1. The van der Waals surface area contributed by atoms with Crippen LogP contribution in [0.5, 0.6) is 0 Å². The smallest absolute Gasteiger partial charge is 0.254 e. The van der Waals surface area contributed by atoms with Crippen molar-refractivity contribution in [3.05, 3.63) is 59.7 Å². The van der Waals surface area contributed by atoms with Crippen molar-refractivity contribution in [2.24, 2.45) is 5.92 Å². The van der Waals surface area contributed by atoms with Crippen LogP contribution in [0.1, 0.15) is 48.0 Å². The van der Waals surface area contributed by atoms with Crippen LogP contribution in [0, 0.1) is 5.92 Å². The summed E-state index contributed by atoms with van der Waals surface area (Å²) in [7, 11) is 0. The van der Waals surface area contributed by atoms with Gasteiger partial charge in [0.05, 0.1) is 17.8 Å². The number of piperazine rings is 2. The number of carbonyl (C=O) groups is 3. The quantitative estimate of drug-likeness (QED) is 0.615. The fourth-order valence-corrected chi connectivity index (χ4v) is 5.85. The molecule has 3 fully saturated rings. The summed E-state index contributed by atoms with van der Waals surface area (Å²) in [6.45, 7) is 5.67. The van der Waals surface area contributed by atoms with E-state index >= 15 is 0 Å². The van der Waals surface area contributed by atoms with E-state index in [-0.39, 0.29) is 24.2 Å². The molecule has 0 atom stereocenters. The van der Waals surface area contributed by atoms with Gasteiger partial charge in [0.2, 0.25) is 11.8 Å². The van der Waals surface area contributed by atoms with Gasteiger partial charge in [0.25, 0.3) is 5.91 Å². The molecule has 202 valence electrons. The number of benzene rings is 2. The van der Waals surface area contributed by atoms with Crippen molar-refractivity contribution >= 4 is 29.1 Å². The molecule has 3 amide bonds. The number of nitrogens with one attached hydrogen (secondary N) is 2. The molecule has 2 N–H and O–H groups in total. The molecule has 2 aliphatic heterocycles. The Labute approximate surface area is 225 Å². The number of carbonyl (C=O) groups excluding carboxylic acids is 3. The third-order valence-corrected chi connectivity index (χ3v) is 8.02. The first-order valence-corrected chi connectivity index (χ1v) is 14.1. The van der Waals surface area contributed by atoms with E-state index in [1.165, 1.54) is 6.42 Å². The fraction of sp³-hybridized carbons (Fsp3) is 0.500. The van der Waals surface area contributed by atoms with Crippen molar-refractivity contribution in [3.63, 3.8) is 0 Å². The maximum Gasteiger partial charge on any atom is 0.254 e. The summed E-state index contributed by atoms with van der Waals surface area (Å²) in [4.78, 5) is 45.4. The monoisotopic (exact) mass is 517 g/mol. The highest BCUT2D eigenvalue weighted by Crippen LogP contribution is 2.31. The van der Waals surface area contributed by atoms with Gasteiger partial charge in [-0.1, -0.05) is 49.6 Å². The topological polar surface area (TPSA) is 85.0 Å². The van der Waals surface area contributed by atoms with Gasteiger partial charge in [-0.3, -0.25) is 14.4 Å². The fourth-order valence-electron chi connectivity index (χ4n) is 5.85. The number of amides is 3. The molecule has 8 nitrogen and oxygen atoms in total. The van der Waals surface area contributed by atoms with Crippen molar-refractivity contribution in [3.8, 4) is 0 Å². The molecule has 0 spiro atoms. The molecule has 0 radical (unpaired) electrons. The average molecular weight is 518 g/mol. The zero-order valence-corrected chi connectivity index (χ0v) is 22.2. The summed E-state index contributed by atoms with van der Waals surface area (Å²) in [6, 6.07) is 15.3. The summed E-state index contributed by atoms with van der Waals surface area (Å²) in [5.74, 6) is 0.353. The molecule has 2 heterocycles. The highest BCUT2D eigenvalue weighted by Gasteiger charge is 2.29. The lowest BCUT2D eigenvalue weighted by molar-refractivity contribution is -0.136. The van der Waals surface area contributed by atoms with Crippen LogP contribution in [0.2, 0.25) is 0 Å². The molecule has 5 rings (SSSR count). The van der Waals surface area contributed by atoms with Crippen LogP contribution in [-0.4, -0.2) is 79.9 Å². The summed E-state index contributed by atoms with van der Waals surface area (Å²) < 4.78 is 0. The Morgan fingerprint density at radius 1 is 0.816 bits per heavy atom.